The maximum Gasteiger partial charge on any atom is 0.253 e. The minimum atomic E-state index is -3.72. The van der Waals surface area contributed by atoms with Crippen molar-refractivity contribution in [2.24, 2.45) is 0 Å². The van der Waals surface area contributed by atoms with Gasteiger partial charge in [0, 0.05) is 31.7 Å². The van der Waals surface area contributed by atoms with Gasteiger partial charge in [0.25, 0.3) is 5.91 Å². The summed E-state index contributed by atoms with van der Waals surface area (Å²) >= 11 is 0. The Kier molecular flexibility index (Phi) is 4.82. The highest BCUT2D eigenvalue weighted by Crippen LogP contribution is 2.19. The number of hydrogen-bond acceptors (Lipinski definition) is 3. The normalized spacial score (nSPS) is 16.0. The molecule has 1 heterocycles. The first-order valence-corrected chi connectivity index (χ1v) is 9.12. The monoisotopic (exact) mass is 366 g/mol. The summed E-state index contributed by atoms with van der Waals surface area (Å²) in [5.41, 5.74) is 0.358. The van der Waals surface area contributed by atoms with Crippen LogP contribution in [0.1, 0.15) is 10.4 Å². The predicted octanol–water partition coefficient (Wildman–Crippen LogP) is 2.11. The number of carbonyl (C=O) groups excluding carboxylic acids is 1. The molecule has 0 saturated carbocycles. The number of hydrogen-bond donors (Lipinski definition) is 0. The summed E-state index contributed by atoms with van der Waals surface area (Å²) in [7, 11) is -3.72. The molecule has 1 amide bonds. The third-order valence-corrected chi connectivity index (χ3v) is 5.98. The van der Waals surface area contributed by atoms with Gasteiger partial charge in [-0.25, -0.2) is 17.2 Å². The van der Waals surface area contributed by atoms with Gasteiger partial charge in [-0.1, -0.05) is 0 Å². The van der Waals surface area contributed by atoms with E-state index in [1.54, 1.807) is 0 Å². The average Bonchev–Trinajstić information content (AvgIpc) is 2.62. The molecule has 0 radical (unpaired) electrons. The van der Waals surface area contributed by atoms with Gasteiger partial charge in [-0.3, -0.25) is 4.79 Å². The van der Waals surface area contributed by atoms with E-state index >= 15 is 0 Å². The van der Waals surface area contributed by atoms with Crippen molar-refractivity contribution >= 4 is 15.9 Å². The summed E-state index contributed by atoms with van der Waals surface area (Å²) in [5, 5.41) is 0. The summed E-state index contributed by atoms with van der Waals surface area (Å²) in [6.07, 6.45) is 0. The fourth-order valence-electron chi connectivity index (χ4n) is 2.66. The molecule has 1 fully saturated rings. The van der Waals surface area contributed by atoms with E-state index in [0.29, 0.717) is 5.56 Å². The number of carbonyl (C=O) groups is 1. The second kappa shape index (κ2) is 6.89. The van der Waals surface area contributed by atoms with Crippen LogP contribution in [0.15, 0.2) is 53.4 Å². The Morgan fingerprint density at radius 2 is 1.28 bits per heavy atom. The van der Waals surface area contributed by atoms with Crippen molar-refractivity contribution in [3.63, 3.8) is 0 Å². The third-order valence-electron chi connectivity index (χ3n) is 4.07. The van der Waals surface area contributed by atoms with E-state index in [1.807, 2.05) is 0 Å². The first-order chi connectivity index (χ1) is 11.9. The van der Waals surface area contributed by atoms with Gasteiger partial charge in [0.1, 0.15) is 11.6 Å². The molecule has 5 nitrogen and oxygen atoms in total. The van der Waals surface area contributed by atoms with Crippen molar-refractivity contribution in [2.45, 2.75) is 4.90 Å². The quantitative estimate of drug-likeness (QED) is 0.836. The van der Waals surface area contributed by atoms with Gasteiger partial charge < -0.3 is 4.90 Å². The molecular formula is C17H16F2N2O3S. The zero-order valence-corrected chi connectivity index (χ0v) is 14.0. The molecular weight excluding hydrogens is 350 g/mol. The van der Waals surface area contributed by atoms with E-state index in [0.717, 1.165) is 12.1 Å². The number of piperazine rings is 1. The van der Waals surface area contributed by atoms with Gasteiger partial charge in [-0.2, -0.15) is 4.31 Å². The van der Waals surface area contributed by atoms with E-state index in [1.165, 1.54) is 45.6 Å². The largest absolute Gasteiger partial charge is 0.336 e. The van der Waals surface area contributed by atoms with Crippen molar-refractivity contribution in [1.82, 2.24) is 9.21 Å². The SMILES string of the molecule is O=C(c1ccc(F)cc1)N1CCN(S(=O)(=O)c2ccc(F)cc2)CC1. The fraction of sp³-hybridized carbons (Fsp3) is 0.235. The van der Waals surface area contributed by atoms with Crippen LogP contribution in [0, 0.1) is 11.6 Å². The molecule has 3 rings (SSSR count). The van der Waals surface area contributed by atoms with Crippen LogP contribution in [-0.2, 0) is 10.0 Å². The number of rotatable bonds is 3. The molecule has 0 unspecified atom stereocenters. The second-order valence-electron chi connectivity index (χ2n) is 5.66. The van der Waals surface area contributed by atoms with Crippen molar-refractivity contribution in [3.05, 3.63) is 65.7 Å². The Balaban J connectivity index is 1.68. The molecule has 2 aromatic carbocycles. The molecule has 1 saturated heterocycles. The molecule has 2 aromatic rings. The molecule has 1 aliphatic heterocycles. The van der Waals surface area contributed by atoms with Crippen molar-refractivity contribution in [2.75, 3.05) is 26.2 Å². The number of nitrogens with zero attached hydrogens (tertiary/aromatic N) is 2. The zero-order valence-electron chi connectivity index (χ0n) is 13.2. The highest BCUT2D eigenvalue weighted by Gasteiger charge is 2.30. The van der Waals surface area contributed by atoms with Crippen molar-refractivity contribution in [1.29, 1.82) is 0 Å². The van der Waals surface area contributed by atoms with Crippen LogP contribution >= 0.6 is 0 Å². The van der Waals surface area contributed by atoms with E-state index in [4.69, 9.17) is 0 Å². The number of amides is 1. The Bertz CT molecular complexity index is 860. The minimum Gasteiger partial charge on any atom is -0.336 e. The van der Waals surface area contributed by atoms with Crippen LogP contribution < -0.4 is 0 Å². The molecule has 132 valence electrons. The molecule has 1 aliphatic rings. The molecule has 0 N–H and O–H groups in total. The molecule has 0 aromatic heterocycles. The summed E-state index contributed by atoms with van der Waals surface area (Å²) in [6.45, 7) is 0.757. The van der Waals surface area contributed by atoms with Gasteiger partial charge in [0.2, 0.25) is 10.0 Å². The first kappa shape index (κ1) is 17.5. The topological polar surface area (TPSA) is 57.7 Å². The van der Waals surface area contributed by atoms with Crippen LogP contribution in [0.4, 0.5) is 8.78 Å². The highest BCUT2D eigenvalue weighted by molar-refractivity contribution is 7.89. The van der Waals surface area contributed by atoms with Gasteiger partial charge in [-0.05, 0) is 48.5 Å². The number of benzene rings is 2. The smallest absolute Gasteiger partial charge is 0.253 e. The van der Waals surface area contributed by atoms with Crippen LogP contribution in [0.25, 0.3) is 0 Å². The summed E-state index contributed by atoms with van der Waals surface area (Å²) in [5.74, 6) is -1.20. The lowest BCUT2D eigenvalue weighted by Gasteiger charge is -2.34. The molecule has 0 aliphatic carbocycles. The van der Waals surface area contributed by atoms with E-state index in [2.05, 4.69) is 0 Å². The highest BCUT2D eigenvalue weighted by atomic mass is 32.2. The van der Waals surface area contributed by atoms with Crippen LogP contribution in [-0.4, -0.2) is 49.7 Å². The van der Waals surface area contributed by atoms with E-state index in [9.17, 15) is 22.0 Å². The first-order valence-electron chi connectivity index (χ1n) is 7.68. The van der Waals surface area contributed by atoms with Crippen LogP contribution in [0.2, 0.25) is 0 Å². The molecule has 0 atom stereocenters. The average molecular weight is 366 g/mol. The van der Waals surface area contributed by atoms with Crippen molar-refractivity contribution < 1.29 is 22.0 Å². The van der Waals surface area contributed by atoms with Gasteiger partial charge >= 0.3 is 0 Å². The lowest BCUT2D eigenvalue weighted by atomic mass is 10.2. The number of halogens is 2. The van der Waals surface area contributed by atoms with E-state index in [-0.39, 0.29) is 37.0 Å². The standard InChI is InChI=1S/C17H16F2N2O3S/c18-14-3-1-13(2-4-14)17(22)20-9-11-21(12-10-20)25(23,24)16-7-5-15(19)6-8-16/h1-8H,9-12H2. The summed E-state index contributed by atoms with van der Waals surface area (Å²) < 4.78 is 52.3. The lowest BCUT2D eigenvalue weighted by Crippen LogP contribution is -2.50. The van der Waals surface area contributed by atoms with Crippen LogP contribution in [0.3, 0.4) is 0 Å². The Morgan fingerprint density at radius 3 is 1.80 bits per heavy atom. The Morgan fingerprint density at radius 1 is 0.800 bits per heavy atom. The Labute approximate surface area is 144 Å². The van der Waals surface area contributed by atoms with E-state index < -0.39 is 21.7 Å². The molecule has 0 bridgehead atoms. The predicted molar refractivity (Wildman–Crippen MR) is 87.5 cm³/mol. The third kappa shape index (κ3) is 3.69. The Hall–Kier alpha value is -2.32. The maximum atomic E-state index is 13.0. The minimum absolute atomic E-state index is 0.0206. The number of sulfonamides is 1. The molecule has 8 heteroatoms. The van der Waals surface area contributed by atoms with Gasteiger partial charge in [-0.15, -0.1) is 0 Å². The second-order valence-corrected chi connectivity index (χ2v) is 7.60. The lowest BCUT2D eigenvalue weighted by molar-refractivity contribution is 0.0698. The fourth-order valence-corrected chi connectivity index (χ4v) is 4.08. The zero-order chi connectivity index (χ0) is 18.0. The summed E-state index contributed by atoms with van der Waals surface area (Å²) in [4.78, 5) is 13.9. The maximum absolute atomic E-state index is 13.0. The van der Waals surface area contributed by atoms with Crippen molar-refractivity contribution in [3.8, 4) is 0 Å². The van der Waals surface area contributed by atoms with Crippen LogP contribution in [0.5, 0.6) is 0 Å². The molecule has 25 heavy (non-hydrogen) atoms. The summed E-state index contributed by atoms with van der Waals surface area (Å²) in [6, 6.07) is 9.87. The van der Waals surface area contributed by atoms with Gasteiger partial charge in [0.15, 0.2) is 0 Å². The van der Waals surface area contributed by atoms with Gasteiger partial charge in [0.05, 0.1) is 4.90 Å². The molecule has 0 spiro atoms.